The predicted molar refractivity (Wildman–Crippen MR) is 86.7 cm³/mol. The van der Waals surface area contributed by atoms with Gasteiger partial charge in [0.05, 0.1) is 6.61 Å². The van der Waals surface area contributed by atoms with Crippen molar-refractivity contribution >= 4 is 0 Å². The first-order chi connectivity index (χ1) is 10.3. The number of hydrogen-bond donors (Lipinski definition) is 2. The molecule has 1 atom stereocenters. The number of rotatable bonds is 5. The maximum atomic E-state index is 8.69. The Morgan fingerprint density at radius 2 is 1.76 bits per heavy atom. The van der Waals surface area contributed by atoms with Crippen LogP contribution in [0.1, 0.15) is 36.1 Å². The summed E-state index contributed by atoms with van der Waals surface area (Å²) in [7, 11) is 0. The fraction of sp³-hybridized carbons (Fsp3) is 0.263. The number of hydrogen-bond acceptors (Lipinski definition) is 2. The molecule has 0 amide bonds. The summed E-state index contributed by atoms with van der Waals surface area (Å²) in [4.78, 5) is 0. The zero-order valence-corrected chi connectivity index (χ0v) is 12.3. The van der Waals surface area contributed by atoms with E-state index in [9.17, 15) is 0 Å². The number of aliphatic hydroxyl groups excluding tert-OH is 1. The van der Waals surface area contributed by atoms with Crippen molar-refractivity contribution in [3.05, 3.63) is 71.3 Å². The summed E-state index contributed by atoms with van der Waals surface area (Å²) in [5.74, 6) is 5.96. The van der Waals surface area contributed by atoms with E-state index in [2.05, 4.69) is 60.5 Å². The van der Waals surface area contributed by atoms with E-state index in [1.807, 2.05) is 18.2 Å². The van der Waals surface area contributed by atoms with Crippen molar-refractivity contribution in [1.29, 1.82) is 0 Å². The molecule has 2 aromatic carbocycles. The Bertz CT molecular complexity index is 593. The molecule has 0 saturated carbocycles. The second-order valence-corrected chi connectivity index (χ2v) is 4.99. The largest absolute Gasteiger partial charge is 0.395 e. The standard InChI is InChI=1S/C19H21NO/c1-16(19-8-3-2-4-9-19)20-15-18-12-10-17(11-13-18)7-5-6-14-21/h2-4,8-13,16,20-21H,6,14-15H2,1H3. The molecule has 0 fully saturated rings. The Labute approximate surface area is 126 Å². The third-order valence-corrected chi connectivity index (χ3v) is 3.34. The van der Waals surface area contributed by atoms with Gasteiger partial charge in [0.1, 0.15) is 0 Å². The molecule has 2 nitrogen and oxygen atoms in total. The Kier molecular flexibility index (Phi) is 6.02. The van der Waals surface area contributed by atoms with Gasteiger partial charge < -0.3 is 10.4 Å². The van der Waals surface area contributed by atoms with Crippen LogP contribution in [0, 0.1) is 11.8 Å². The first-order valence-corrected chi connectivity index (χ1v) is 7.26. The van der Waals surface area contributed by atoms with Gasteiger partial charge >= 0.3 is 0 Å². The van der Waals surface area contributed by atoms with E-state index < -0.39 is 0 Å². The van der Waals surface area contributed by atoms with Crippen LogP contribution in [0.4, 0.5) is 0 Å². The zero-order chi connectivity index (χ0) is 14.9. The third-order valence-electron chi connectivity index (χ3n) is 3.34. The van der Waals surface area contributed by atoms with E-state index in [0.717, 1.165) is 12.1 Å². The monoisotopic (exact) mass is 279 g/mol. The van der Waals surface area contributed by atoms with Crippen LogP contribution < -0.4 is 5.32 Å². The van der Waals surface area contributed by atoms with Gasteiger partial charge in [-0.25, -0.2) is 0 Å². The molecule has 0 saturated heterocycles. The van der Waals surface area contributed by atoms with Gasteiger partial charge in [-0.2, -0.15) is 0 Å². The molecule has 0 bridgehead atoms. The molecule has 1 unspecified atom stereocenters. The molecule has 0 aliphatic rings. The van der Waals surface area contributed by atoms with E-state index in [1.54, 1.807) is 0 Å². The molecule has 0 radical (unpaired) electrons. The van der Waals surface area contributed by atoms with Crippen molar-refractivity contribution in [3.63, 3.8) is 0 Å². The SMILES string of the molecule is CC(NCc1ccc(C#CCCO)cc1)c1ccccc1. The molecule has 0 spiro atoms. The Balaban J connectivity index is 1.88. The molecule has 0 heterocycles. The minimum atomic E-state index is 0.117. The van der Waals surface area contributed by atoms with Crippen molar-refractivity contribution < 1.29 is 5.11 Å². The predicted octanol–water partition coefficient (Wildman–Crippen LogP) is 3.27. The normalized spacial score (nSPS) is 11.5. The van der Waals surface area contributed by atoms with E-state index in [0.29, 0.717) is 12.5 Å². The van der Waals surface area contributed by atoms with Crippen molar-refractivity contribution in [2.75, 3.05) is 6.61 Å². The van der Waals surface area contributed by atoms with Gasteiger partial charge in [-0.05, 0) is 30.2 Å². The van der Waals surface area contributed by atoms with Crippen LogP contribution in [0.25, 0.3) is 0 Å². The van der Waals surface area contributed by atoms with Gasteiger partial charge in [0, 0.05) is 24.6 Å². The Morgan fingerprint density at radius 3 is 2.43 bits per heavy atom. The highest BCUT2D eigenvalue weighted by Gasteiger charge is 2.03. The maximum Gasteiger partial charge on any atom is 0.0540 e. The third kappa shape index (κ3) is 5.07. The minimum absolute atomic E-state index is 0.117. The molecule has 0 aliphatic heterocycles. The minimum Gasteiger partial charge on any atom is -0.395 e. The summed E-state index contributed by atoms with van der Waals surface area (Å²) in [6.07, 6.45) is 0.526. The molecule has 0 aliphatic carbocycles. The molecule has 0 aromatic heterocycles. The van der Waals surface area contributed by atoms with Crippen LogP contribution in [0.2, 0.25) is 0 Å². The first-order valence-electron chi connectivity index (χ1n) is 7.26. The molecular formula is C19H21NO. The topological polar surface area (TPSA) is 32.3 Å². The molecule has 2 aromatic rings. The van der Waals surface area contributed by atoms with Gasteiger partial charge in [0.2, 0.25) is 0 Å². The van der Waals surface area contributed by atoms with Crippen molar-refractivity contribution in [2.24, 2.45) is 0 Å². The van der Waals surface area contributed by atoms with Crippen LogP contribution in [-0.2, 0) is 6.54 Å². The van der Waals surface area contributed by atoms with Crippen LogP contribution >= 0.6 is 0 Å². The van der Waals surface area contributed by atoms with Crippen LogP contribution in [0.15, 0.2) is 54.6 Å². The second kappa shape index (κ2) is 8.26. The van der Waals surface area contributed by atoms with Crippen molar-refractivity contribution in [3.8, 4) is 11.8 Å². The van der Waals surface area contributed by atoms with Crippen molar-refractivity contribution in [1.82, 2.24) is 5.32 Å². The van der Waals surface area contributed by atoms with Gasteiger partial charge in [-0.3, -0.25) is 0 Å². The van der Waals surface area contributed by atoms with E-state index >= 15 is 0 Å². The van der Waals surface area contributed by atoms with E-state index in [-0.39, 0.29) is 6.61 Å². The van der Waals surface area contributed by atoms with Crippen LogP contribution in [0.5, 0.6) is 0 Å². The maximum absolute atomic E-state index is 8.69. The first kappa shape index (κ1) is 15.3. The highest BCUT2D eigenvalue weighted by atomic mass is 16.2. The molecule has 108 valence electrons. The fourth-order valence-electron chi connectivity index (χ4n) is 2.06. The van der Waals surface area contributed by atoms with E-state index in [1.165, 1.54) is 11.1 Å². The molecular weight excluding hydrogens is 258 g/mol. The summed E-state index contributed by atoms with van der Waals surface area (Å²) < 4.78 is 0. The summed E-state index contributed by atoms with van der Waals surface area (Å²) in [5.41, 5.74) is 3.53. The molecule has 21 heavy (non-hydrogen) atoms. The van der Waals surface area contributed by atoms with Gasteiger partial charge in [0.25, 0.3) is 0 Å². The summed E-state index contributed by atoms with van der Waals surface area (Å²) in [5, 5.41) is 12.2. The molecule has 2 heteroatoms. The lowest BCUT2D eigenvalue weighted by Gasteiger charge is -2.14. The Morgan fingerprint density at radius 1 is 1.05 bits per heavy atom. The second-order valence-electron chi connectivity index (χ2n) is 4.99. The summed E-state index contributed by atoms with van der Waals surface area (Å²) in [6, 6.07) is 19.0. The average molecular weight is 279 g/mol. The summed E-state index contributed by atoms with van der Waals surface area (Å²) >= 11 is 0. The lowest BCUT2D eigenvalue weighted by atomic mass is 10.1. The van der Waals surface area contributed by atoms with Crippen molar-refractivity contribution in [2.45, 2.75) is 25.9 Å². The van der Waals surface area contributed by atoms with E-state index in [4.69, 9.17) is 5.11 Å². The molecule has 2 N–H and O–H groups in total. The van der Waals surface area contributed by atoms with Gasteiger partial charge in [0.15, 0.2) is 0 Å². The molecule has 2 rings (SSSR count). The highest BCUT2D eigenvalue weighted by Crippen LogP contribution is 2.12. The van der Waals surface area contributed by atoms with Crippen LogP contribution in [-0.4, -0.2) is 11.7 Å². The lowest BCUT2D eigenvalue weighted by Crippen LogP contribution is -2.17. The highest BCUT2D eigenvalue weighted by molar-refractivity contribution is 5.36. The smallest absolute Gasteiger partial charge is 0.0540 e. The Hall–Kier alpha value is -2.08. The summed E-state index contributed by atoms with van der Waals surface area (Å²) in [6.45, 7) is 3.12. The number of aliphatic hydroxyl groups is 1. The number of nitrogens with one attached hydrogen (secondary N) is 1. The van der Waals surface area contributed by atoms with Crippen LogP contribution in [0.3, 0.4) is 0 Å². The lowest BCUT2D eigenvalue weighted by molar-refractivity contribution is 0.305. The fourth-order valence-corrected chi connectivity index (χ4v) is 2.06. The van der Waals surface area contributed by atoms with Gasteiger partial charge in [-0.1, -0.05) is 54.3 Å². The zero-order valence-electron chi connectivity index (χ0n) is 12.3. The quantitative estimate of drug-likeness (QED) is 0.823. The van der Waals surface area contributed by atoms with Gasteiger partial charge in [-0.15, -0.1) is 0 Å². The average Bonchev–Trinajstić information content (AvgIpc) is 2.55. The number of benzene rings is 2.